The van der Waals surface area contributed by atoms with E-state index < -0.39 is 17.5 Å². The predicted molar refractivity (Wildman–Crippen MR) is 134 cm³/mol. The van der Waals surface area contributed by atoms with Gasteiger partial charge in [-0.3, -0.25) is 14.5 Å². The first-order valence-corrected chi connectivity index (χ1v) is 12.2. The highest BCUT2D eigenvalue weighted by atomic mass is 32.1. The minimum Gasteiger partial charge on any atom is -0.444 e. The van der Waals surface area contributed by atoms with E-state index in [1.54, 1.807) is 23.7 Å². The van der Waals surface area contributed by atoms with Crippen molar-refractivity contribution in [3.8, 4) is 23.7 Å². The normalized spacial score (nSPS) is 12.1. The van der Waals surface area contributed by atoms with Gasteiger partial charge in [0.2, 0.25) is 5.91 Å². The van der Waals surface area contributed by atoms with Crippen molar-refractivity contribution in [3.05, 3.63) is 75.3 Å². The summed E-state index contributed by atoms with van der Waals surface area (Å²) in [7, 11) is 0. The topological polar surface area (TPSA) is 88.3 Å². The number of thiazole rings is 1. The molecule has 9 heteroatoms. The van der Waals surface area contributed by atoms with E-state index in [1.807, 2.05) is 49.7 Å². The number of amides is 2. The fourth-order valence-corrected chi connectivity index (χ4v) is 4.65. The number of hydrogen-bond acceptors (Lipinski definition) is 7. The first kappa shape index (κ1) is 23.4. The van der Waals surface area contributed by atoms with Crippen LogP contribution in [0.3, 0.4) is 0 Å². The standard InChI is InChI=1S/C25H22N4O3S2/c1-5-21-27-19(14-34-21)24(31)29(18-8-6-16(7-9-18)20-12-26-15-32-20)22(17-10-11-33-13-17)23(30)28-25(2,3)4/h1,6-15,22H,2-4H3,(H,28,30). The maximum Gasteiger partial charge on any atom is 0.278 e. The molecular formula is C25H22N4O3S2. The van der Waals surface area contributed by atoms with E-state index in [0.29, 0.717) is 22.0 Å². The fourth-order valence-electron chi connectivity index (χ4n) is 3.38. The van der Waals surface area contributed by atoms with Crippen LogP contribution in [0.25, 0.3) is 11.3 Å². The third kappa shape index (κ3) is 5.09. The van der Waals surface area contributed by atoms with Crippen molar-refractivity contribution >= 4 is 40.2 Å². The van der Waals surface area contributed by atoms with Gasteiger partial charge in [0.05, 0.1) is 6.20 Å². The maximum absolute atomic E-state index is 13.8. The number of nitrogens with one attached hydrogen (secondary N) is 1. The molecule has 0 bridgehead atoms. The molecule has 0 aliphatic rings. The van der Waals surface area contributed by atoms with Crippen LogP contribution in [0, 0.1) is 12.3 Å². The van der Waals surface area contributed by atoms with Crippen molar-refractivity contribution in [3.63, 3.8) is 0 Å². The molecule has 4 aromatic rings. The average Bonchev–Trinajstić information content (AvgIpc) is 3.58. The van der Waals surface area contributed by atoms with Gasteiger partial charge in [-0.25, -0.2) is 9.97 Å². The van der Waals surface area contributed by atoms with Crippen LogP contribution in [-0.2, 0) is 4.79 Å². The number of oxazole rings is 1. The molecule has 0 aliphatic heterocycles. The Labute approximate surface area is 205 Å². The average molecular weight is 491 g/mol. The number of aromatic nitrogens is 2. The van der Waals surface area contributed by atoms with E-state index in [2.05, 4.69) is 21.2 Å². The van der Waals surface area contributed by atoms with Gasteiger partial charge in [0.1, 0.15) is 11.7 Å². The van der Waals surface area contributed by atoms with E-state index in [4.69, 9.17) is 10.8 Å². The number of rotatable bonds is 6. The minimum atomic E-state index is -0.912. The lowest BCUT2D eigenvalue weighted by Crippen LogP contribution is -2.49. The molecule has 1 unspecified atom stereocenters. The molecule has 3 aromatic heterocycles. The van der Waals surface area contributed by atoms with Crippen molar-refractivity contribution in [2.24, 2.45) is 0 Å². The molecule has 172 valence electrons. The fraction of sp³-hybridized carbons (Fsp3) is 0.200. The van der Waals surface area contributed by atoms with Crippen LogP contribution in [-0.4, -0.2) is 27.3 Å². The second-order valence-electron chi connectivity index (χ2n) is 8.47. The molecule has 34 heavy (non-hydrogen) atoms. The van der Waals surface area contributed by atoms with Crippen LogP contribution in [0.1, 0.15) is 47.9 Å². The third-order valence-electron chi connectivity index (χ3n) is 4.79. The summed E-state index contributed by atoms with van der Waals surface area (Å²) in [6.07, 6.45) is 8.43. The van der Waals surface area contributed by atoms with Gasteiger partial charge in [0.15, 0.2) is 17.2 Å². The van der Waals surface area contributed by atoms with Crippen LogP contribution in [0.5, 0.6) is 0 Å². The zero-order valence-electron chi connectivity index (χ0n) is 18.8. The molecule has 0 radical (unpaired) electrons. The SMILES string of the molecule is C#Cc1nc(C(=O)N(c2ccc(-c3cnco3)cc2)C(C(=O)NC(C)(C)C)c2ccsc2)cs1. The first-order chi connectivity index (χ1) is 16.3. The first-order valence-electron chi connectivity index (χ1n) is 10.4. The Morgan fingerprint density at radius 3 is 2.50 bits per heavy atom. The summed E-state index contributed by atoms with van der Waals surface area (Å²) in [5.74, 6) is 2.33. The van der Waals surface area contributed by atoms with Crippen LogP contribution < -0.4 is 10.2 Å². The smallest absolute Gasteiger partial charge is 0.278 e. The largest absolute Gasteiger partial charge is 0.444 e. The van der Waals surface area contributed by atoms with Crippen LogP contribution in [0.2, 0.25) is 0 Å². The number of terminal acetylenes is 1. The van der Waals surface area contributed by atoms with E-state index in [9.17, 15) is 9.59 Å². The summed E-state index contributed by atoms with van der Waals surface area (Å²) in [5.41, 5.74) is 1.72. The Kier molecular flexibility index (Phi) is 6.63. The lowest BCUT2D eigenvalue weighted by Gasteiger charge is -2.33. The number of hydrogen-bond donors (Lipinski definition) is 1. The lowest BCUT2D eigenvalue weighted by atomic mass is 10.0. The molecule has 1 aromatic carbocycles. The highest BCUT2D eigenvalue weighted by Crippen LogP contribution is 2.33. The Bertz CT molecular complexity index is 1310. The molecule has 0 saturated heterocycles. The Hall–Kier alpha value is -3.74. The Balaban J connectivity index is 1.82. The van der Waals surface area contributed by atoms with Crippen molar-refractivity contribution in [1.29, 1.82) is 0 Å². The summed E-state index contributed by atoms with van der Waals surface area (Å²) in [6, 6.07) is 8.11. The summed E-state index contributed by atoms with van der Waals surface area (Å²) >= 11 is 2.66. The lowest BCUT2D eigenvalue weighted by molar-refractivity contribution is -0.123. The van der Waals surface area contributed by atoms with Gasteiger partial charge in [-0.1, -0.05) is 0 Å². The second-order valence-corrected chi connectivity index (χ2v) is 10.1. The summed E-state index contributed by atoms with van der Waals surface area (Å²) in [5, 5.41) is 8.76. The maximum atomic E-state index is 13.8. The molecule has 7 nitrogen and oxygen atoms in total. The molecular weight excluding hydrogens is 468 g/mol. The number of carbonyl (C=O) groups excluding carboxylic acids is 2. The molecule has 4 rings (SSSR count). The van der Waals surface area contributed by atoms with Gasteiger partial charge >= 0.3 is 0 Å². The van der Waals surface area contributed by atoms with E-state index in [0.717, 1.165) is 5.56 Å². The zero-order chi connectivity index (χ0) is 24.3. The molecule has 0 spiro atoms. The molecule has 3 heterocycles. The minimum absolute atomic E-state index is 0.182. The molecule has 0 saturated carbocycles. The monoisotopic (exact) mass is 490 g/mol. The number of anilines is 1. The number of thiophene rings is 1. The van der Waals surface area contributed by atoms with Crippen LogP contribution in [0.4, 0.5) is 5.69 Å². The highest BCUT2D eigenvalue weighted by molar-refractivity contribution is 7.10. The van der Waals surface area contributed by atoms with E-state index in [1.165, 1.54) is 34.0 Å². The van der Waals surface area contributed by atoms with Crippen LogP contribution in [0.15, 0.2) is 63.5 Å². The highest BCUT2D eigenvalue weighted by Gasteiger charge is 2.36. The van der Waals surface area contributed by atoms with Crippen molar-refractivity contribution < 1.29 is 14.0 Å². The zero-order valence-corrected chi connectivity index (χ0v) is 20.4. The molecule has 1 atom stereocenters. The number of nitrogens with zero attached hydrogens (tertiary/aromatic N) is 3. The summed E-state index contributed by atoms with van der Waals surface area (Å²) in [6.45, 7) is 5.69. The number of carbonyl (C=O) groups is 2. The molecule has 1 N–H and O–H groups in total. The van der Waals surface area contributed by atoms with Crippen LogP contribution >= 0.6 is 22.7 Å². The molecule has 0 aliphatic carbocycles. The summed E-state index contributed by atoms with van der Waals surface area (Å²) < 4.78 is 5.37. The second kappa shape index (κ2) is 9.63. The third-order valence-corrected chi connectivity index (χ3v) is 6.27. The van der Waals surface area contributed by atoms with Gasteiger partial charge in [-0.15, -0.1) is 17.8 Å². The van der Waals surface area contributed by atoms with E-state index >= 15 is 0 Å². The van der Waals surface area contributed by atoms with Gasteiger partial charge in [0.25, 0.3) is 5.91 Å². The van der Waals surface area contributed by atoms with Crippen molar-refractivity contribution in [2.45, 2.75) is 32.4 Å². The molecule has 2 amide bonds. The summed E-state index contributed by atoms with van der Waals surface area (Å²) in [4.78, 5) is 37.0. The van der Waals surface area contributed by atoms with Gasteiger partial charge < -0.3 is 9.73 Å². The molecule has 0 fully saturated rings. The predicted octanol–water partition coefficient (Wildman–Crippen LogP) is 5.14. The van der Waals surface area contributed by atoms with Crippen molar-refractivity contribution in [1.82, 2.24) is 15.3 Å². The van der Waals surface area contributed by atoms with Gasteiger partial charge in [-0.2, -0.15) is 11.3 Å². The van der Waals surface area contributed by atoms with Crippen molar-refractivity contribution in [2.75, 3.05) is 4.90 Å². The van der Waals surface area contributed by atoms with Gasteiger partial charge in [0, 0.05) is 22.2 Å². The van der Waals surface area contributed by atoms with Gasteiger partial charge in [-0.05, 0) is 73.3 Å². The quantitative estimate of drug-likeness (QED) is 0.378. The number of benzene rings is 1. The Morgan fingerprint density at radius 2 is 1.94 bits per heavy atom. The van der Waals surface area contributed by atoms with E-state index in [-0.39, 0.29) is 11.6 Å². The Morgan fingerprint density at radius 1 is 1.18 bits per heavy atom.